The van der Waals surface area contributed by atoms with Crippen molar-refractivity contribution >= 4 is 33.1 Å². The number of pyridine rings is 1. The van der Waals surface area contributed by atoms with Crippen molar-refractivity contribution in [2.45, 2.75) is 6.92 Å². The van der Waals surface area contributed by atoms with Crippen LogP contribution < -0.4 is 15.8 Å². The molecule has 0 aliphatic carbocycles. The van der Waals surface area contributed by atoms with Gasteiger partial charge in [-0.05, 0) is 6.07 Å². The summed E-state index contributed by atoms with van der Waals surface area (Å²) in [5.41, 5.74) is 6.04. The topological polar surface area (TPSA) is 97.1 Å². The minimum atomic E-state index is -3.23. The Bertz CT molecular complexity index is 458. The van der Waals surface area contributed by atoms with Gasteiger partial charge in [0.2, 0.25) is 10.0 Å². The molecule has 0 bridgehead atoms. The number of nitrogens with two attached hydrogens (primary N) is 1. The van der Waals surface area contributed by atoms with Gasteiger partial charge in [-0.25, -0.2) is 18.1 Å². The van der Waals surface area contributed by atoms with E-state index in [1.165, 1.54) is 6.07 Å². The van der Waals surface area contributed by atoms with Crippen LogP contribution in [0.3, 0.4) is 0 Å². The molecule has 1 heterocycles. The van der Waals surface area contributed by atoms with E-state index in [-0.39, 0.29) is 17.5 Å². The first-order valence-electron chi connectivity index (χ1n) is 5.07. The molecule has 0 aromatic carbocycles. The third-order valence-corrected chi connectivity index (χ3v) is 3.52. The molecular formula is C9H15ClN4O2S. The van der Waals surface area contributed by atoms with Crippen molar-refractivity contribution in [2.75, 3.05) is 29.9 Å². The molecule has 0 aliphatic heterocycles. The van der Waals surface area contributed by atoms with E-state index in [1.807, 2.05) is 0 Å². The van der Waals surface area contributed by atoms with Crippen LogP contribution in [-0.4, -0.2) is 32.2 Å². The summed E-state index contributed by atoms with van der Waals surface area (Å²) in [6.45, 7) is 2.34. The Morgan fingerprint density at radius 3 is 2.76 bits per heavy atom. The quantitative estimate of drug-likeness (QED) is 0.665. The van der Waals surface area contributed by atoms with Crippen LogP contribution in [0.15, 0.2) is 12.1 Å². The lowest BCUT2D eigenvalue weighted by Gasteiger charge is -2.07. The third-order valence-electron chi connectivity index (χ3n) is 1.86. The van der Waals surface area contributed by atoms with Gasteiger partial charge in [-0.3, -0.25) is 0 Å². The van der Waals surface area contributed by atoms with Crippen LogP contribution in [0.4, 0.5) is 11.5 Å². The summed E-state index contributed by atoms with van der Waals surface area (Å²) in [6.07, 6.45) is 0. The second-order valence-electron chi connectivity index (χ2n) is 3.35. The highest BCUT2D eigenvalue weighted by atomic mass is 35.5. The molecule has 0 amide bonds. The highest BCUT2D eigenvalue weighted by molar-refractivity contribution is 7.89. The summed E-state index contributed by atoms with van der Waals surface area (Å²) in [6, 6.07) is 3.11. The molecule has 0 radical (unpaired) electrons. The molecule has 8 heteroatoms. The monoisotopic (exact) mass is 278 g/mol. The van der Waals surface area contributed by atoms with Crippen LogP contribution >= 0.6 is 11.6 Å². The van der Waals surface area contributed by atoms with Crippen molar-refractivity contribution in [3.05, 3.63) is 17.3 Å². The molecule has 0 saturated heterocycles. The van der Waals surface area contributed by atoms with Crippen LogP contribution in [0, 0.1) is 0 Å². The van der Waals surface area contributed by atoms with Gasteiger partial charge in [-0.15, -0.1) is 0 Å². The average molecular weight is 279 g/mol. The summed E-state index contributed by atoms with van der Waals surface area (Å²) in [5, 5.41) is 3.11. The Labute approximate surface area is 106 Å². The van der Waals surface area contributed by atoms with Crippen molar-refractivity contribution in [2.24, 2.45) is 0 Å². The van der Waals surface area contributed by atoms with Gasteiger partial charge in [0.05, 0.1) is 5.75 Å². The lowest BCUT2D eigenvalue weighted by Crippen LogP contribution is -2.29. The molecule has 17 heavy (non-hydrogen) atoms. The molecule has 6 nitrogen and oxygen atoms in total. The van der Waals surface area contributed by atoms with E-state index in [0.717, 1.165) is 0 Å². The number of halogens is 1. The number of rotatable bonds is 6. The van der Waals surface area contributed by atoms with Crippen molar-refractivity contribution < 1.29 is 8.42 Å². The highest BCUT2D eigenvalue weighted by Crippen LogP contribution is 2.15. The van der Waals surface area contributed by atoms with E-state index < -0.39 is 10.0 Å². The maximum Gasteiger partial charge on any atom is 0.213 e. The zero-order valence-corrected chi connectivity index (χ0v) is 11.0. The minimum absolute atomic E-state index is 0.0328. The number of nitrogen functional groups attached to an aromatic ring is 1. The number of hydrogen-bond donors (Lipinski definition) is 3. The van der Waals surface area contributed by atoms with Crippen molar-refractivity contribution in [3.63, 3.8) is 0 Å². The van der Waals surface area contributed by atoms with E-state index in [0.29, 0.717) is 18.1 Å². The number of hydrogen-bond acceptors (Lipinski definition) is 5. The van der Waals surface area contributed by atoms with Crippen molar-refractivity contribution in [3.8, 4) is 0 Å². The van der Waals surface area contributed by atoms with E-state index in [4.69, 9.17) is 17.3 Å². The van der Waals surface area contributed by atoms with Crippen LogP contribution in [0.2, 0.25) is 5.15 Å². The molecule has 4 N–H and O–H groups in total. The van der Waals surface area contributed by atoms with E-state index >= 15 is 0 Å². The maximum absolute atomic E-state index is 11.3. The lowest BCUT2D eigenvalue weighted by molar-refractivity contribution is 0.584. The summed E-state index contributed by atoms with van der Waals surface area (Å²) in [5.74, 6) is 0.427. The molecule has 0 unspecified atom stereocenters. The molecule has 1 rings (SSSR count). The number of aromatic nitrogens is 1. The molecule has 0 atom stereocenters. The van der Waals surface area contributed by atoms with Crippen molar-refractivity contribution in [1.29, 1.82) is 0 Å². The highest BCUT2D eigenvalue weighted by Gasteiger charge is 2.07. The van der Waals surface area contributed by atoms with Crippen LogP contribution in [0.1, 0.15) is 6.92 Å². The second-order valence-corrected chi connectivity index (χ2v) is 5.67. The van der Waals surface area contributed by atoms with Gasteiger partial charge < -0.3 is 11.1 Å². The molecule has 0 spiro atoms. The van der Waals surface area contributed by atoms with Gasteiger partial charge in [0, 0.05) is 24.8 Å². The molecule has 96 valence electrons. The van der Waals surface area contributed by atoms with Gasteiger partial charge in [0.15, 0.2) is 0 Å². The normalized spacial score (nSPS) is 11.4. The number of nitrogens with one attached hydrogen (secondary N) is 2. The molecule has 0 fully saturated rings. The average Bonchev–Trinajstić information content (AvgIpc) is 2.15. The molecule has 0 aliphatic rings. The first-order valence-corrected chi connectivity index (χ1v) is 7.10. The van der Waals surface area contributed by atoms with E-state index in [2.05, 4.69) is 15.0 Å². The number of nitrogens with zero attached hydrogens (tertiary/aromatic N) is 1. The zero-order valence-electron chi connectivity index (χ0n) is 9.40. The zero-order chi connectivity index (χ0) is 12.9. The van der Waals surface area contributed by atoms with Crippen molar-refractivity contribution in [1.82, 2.24) is 9.71 Å². The maximum atomic E-state index is 11.3. The predicted molar refractivity (Wildman–Crippen MR) is 69.6 cm³/mol. The third kappa shape index (κ3) is 5.20. The Morgan fingerprint density at radius 1 is 1.47 bits per heavy atom. The van der Waals surface area contributed by atoms with Gasteiger partial charge >= 0.3 is 0 Å². The Morgan fingerprint density at radius 2 is 2.18 bits per heavy atom. The first-order chi connectivity index (χ1) is 7.93. The van der Waals surface area contributed by atoms with E-state index in [9.17, 15) is 8.42 Å². The smallest absolute Gasteiger partial charge is 0.213 e. The molecule has 1 aromatic rings. The minimum Gasteiger partial charge on any atom is -0.399 e. The molecule has 1 aromatic heterocycles. The standard InChI is InChI=1S/C9H15ClN4O2S/c1-2-13-17(15,16)4-3-12-9-6-7(11)5-8(10)14-9/h5-6,13H,2-4H2,1H3,(H3,11,12,14). The predicted octanol–water partition coefficient (Wildman–Crippen LogP) is 0.668. The summed E-state index contributed by atoms with van der Waals surface area (Å²) in [4.78, 5) is 3.96. The Balaban J connectivity index is 2.51. The summed E-state index contributed by atoms with van der Waals surface area (Å²) in [7, 11) is -3.23. The van der Waals surface area contributed by atoms with Crippen LogP contribution in [0.25, 0.3) is 0 Å². The fraction of sp³-hybridized carbons (Fsp3) is 0.444. The van der Waals surface area contributed by atoms with Gasteiger partial charge in [0.1, 0.15) is 11.0 Å². The summed E-state index contributed by atoms with van der Waals surface area (Å²) < 4.78 is 25.1. The summed E-state index contributed by atoms with van der Waals surface area (Å²) >= 11 is 5.71. The van der Waals surface area contributed by atoms with E-state index in [1.54, 1.807) is 13.0 Å². The van der Waals surface area contributed by atoms with Gasteiger partial charge in [-0.1, -0.05) is 18.5 Å². The lowest BCUT2D eigenvalue weighted by atomic mass is 10.4. The Hall–Kier alpha value is -1.05. The molecular weight excluding hydrogens is 264 g/mol. The fourth-order valence-corrected chi connectivity index (χ4v) is 2.38. The van der Waals surface area contributed by atoms with Gasteiger partial charge in [-0.2, -0.15) is 0 Å². The molecule has 0 saturated carbocycles. The van der Waals surface area contributed by atoms with Gasteiger partial charge in [0.25, 0.3) is 0 Å². The first kappa shape index (κ1) is 14.0. The van der Waals surface area contributed by atoms with Crippen LogP contribution in [0.5, 0.6) is 0 Å². The fourth-order valence-electron chi connectivity index (χ4n) is 1.21. The second kappa shape index (κ2) is 6.04. The Kier molecular flexibility index (Phi) is 4.98. The number of sulfonamides is 1. The number of anilines is 2. The largest absolute Gasteiger partial charge is 0.399 e. The SMILES string of the molecule is CCNS(=O)(=O)CCNc1cc(N)cc(Cl)n1. The van der Waals surface area contributed by atoms with Crippen LogP contribution in [-0.2, 0) is 10.0 Å².